The molecule has 0 amide bonds. The summed E-state index contributed by atoms with van der Waals surface area (Å²) in [5.74, 6) is 1.71. The maximum Gasteiger partial charge on any atom is 0.0593 e. The molecule has 0 N–H and O–H groups in total. The first-order valence-electron chi connectivity index (χ1n) is 13.0. The van der Waals surface area contributed by atoms with Crippen LogP contribution in [-0.2, 0) is 0 Å². The Kier molecular flexibility index (Phi) is 47.4. The summed E-state index contributed by atoms with van der Waals surface area (Å²) in [4.78, 5) is 5.29. The largest absolute Gasteiger partial charge is 0.288 e. The van der Waals surface area contributed by atoms with Crippen LogP contribution in [0.3, 0.4) is 0 Å². The molecular weight excluding hydrogens is 340 g/mol. The molecule has 0 spiro atoms. The molecule has 0 fully saturated rings. The first kappa shape index (κ1) is 38.5. The molecule has 0 aromatic rings. The summed E-state index contributed by atoms with van der Waals surface area (Å²) < 4.78 is 0. The van der Waals surface area contributed by atoms with E-state index in [1.54, 1.807) is 0 Å². The Morgan fingerprint density at radius 1 is 0.500 bits per heavy atom. The highest BCUT2D eigenvalue weighted by molar-refractivity contribution is 4.70. The molecule has 0 radical (unpaired) electrons. The van der Waals surface area contributed by atoms with Gasteiger partial charge >= 0.3 is 0 Å². The van der Waals surface area contributed by atoms with Crippen molar-refractivity contribution < 1.29 is 0 Å². The van der Waals surface area contributed by atoms with E-state index in [9.17, 15) is 0 Å². The molecule has 28 heavy (non-hydrogen) atoms. The molecule has 0 aliphatic carbocycles. The number of nitrogens with zero attached hydrogens (tertiary/aromatic N) is 2. The Bertz CT molecular complexity index is 196. The smallest absolute Gasteiger partial charge is 0.0593 e. The molecule has 0 aromatic carbocycles. The Balaban J connectivity index is -0.000000194. The lowest BCUT2D eigenvalue weighted by Gasteiger charge is -2.37. The van der Waals surface area contributed by atoms with Gasteiger partial charge in [-0.15, -0.1) is 0 Å². The summed E-state index contributed by atoms with van der Waals surface area (Å²) in [6.45, 7) is 37.2. The maximum absolute atomic E-state index is 2.65. The van der Waals surface area contributed by atoms with Gasteiger partial charge < -0.3 is 0 Å². The van der Waals surface area contributed by atoms with E-state index in [0.29, 0.717) is 6.17 Å². The van der Waals surface area contributed by atoms with Gasteiger partial charge in [0.25, 0.3) is 0 Å². The number of hydrogen-bond acceptors (Lipinski definition) is 2. The zero-order chi connectivity index (χ0) is 23.5. The second-order valence-electron chi connectivity index (χ2n) is 6.49. The molecule has 178 valence electrons. The highest BCUT2D eigenvalue weighted by Gasteiger charge is 2.19. The zero-order valence-corrected chi connectivity index (χ0v) is 23.3. The molecule has 0 aliphatic heterocycles. The summed E-state index contributed by atoms with van der Waals surface area (Å²) in [7, 11) is 0. The molecule has 0 bridgehead atoms. The predicted octanol–water partition coefficient (Wildman–Crippen LogP) is 8.95. The van der Waals surface area contributed by atoms with E-state index >= 15 is 0 Å². The average molecular weight is 405 g/mol. The Labute approximate surface area is 183 Å². The molecule has 0 saturated carbocycles. The molecule has 2 unspecified atom stereocenters. The van der Waals surface area contributed by atoms with E-state index in [2.05, 4.69) is 58.3 Å². The van der Waals surface area contributed by atoms with Gasteiger partial charge in [-0.1, -0.05) is 110 Å². The topological polar surface area (TPSA) is 6.48 Å². The highest BCUT2D eigenvalue weighted by atomic mass is 15.3. The third kappa shape index (κ3) is 24.0. The summed E-state index contributed by atoms with van der Waals surface area (Å²) >= 11 is 0. The molecule has 0 aliphatic rings. The van der Waals surface area contributed by atoms with Gasteiger partial charge in [0.05, 0.1) is 6.17 Å². The molecule has 2 nitrogen and oxygen atoms in total. The van der Waals surface area contributed by atoms with Gasteiger partial charge in [-0.25, -0.2) is 0 Å². The van der Waals surface area contributed by atoms with Crippen molar-refractivity contribution in [3.8, 4) is 0 Å². The SMILES string of the molecule is CC.CC.CC.CC.CCC(C)CCN(CC)C(C)N(CC)CCC(C)CC. The van der Waals surface area contributed by atoms with Crippen LogP contribution < -0.4 is 0 Å². The zero-order valence-electron chi connectivity index (χ0n) is 23.3. The third-order valence-corrected chi connectivity index (χ3v) is 5.08. The van der Waals surface area contributed by atoms with E-state index in [1.807, 2.05) is 55.4 Å². The van der Waals surface area contributed by atoms with Gasteiger partial charge in [0.1, 0.15) is 0 Å². The van der Waals surface area contributed by atoms with E-state index in [4.69, 9.17) is 0 Å². The van der Waals surface area contributed by atoms with Gasteiger partial charge in [-0.2, -0.15) is 0 Å². The van der Waals surface area contributed by atoms with Crippen molar-refractivity contribution in [2.45, 2.75) is 136 Å². The van der Waals surface area contributed by atoms with Gasteiger partial charge in [-0.3, -0.25) is 9.80 Å². The summed E-state index contributed by atoms with van der Waals surface area (Å²) in [5, 5.41) is 0. The van der Waals surface area contributed by atoms with Crippen LogP contribution in [0.1, 0.15) is 130 Å². The van der Waals surface area contributed by atoms with E-state index in [1.165, 1.54) is 38.8 Å². The van der Waals surface area contributed by atoms with Crippen LogP contribution in [0.25, 0.3) is 0 Å². The van der Waals surface area contributed by atoms with Crippen molar-refractivity contribution >= 4 is 0 Å². The van der Waals surface area contributed by atoms with E-state index in [0.717, 1.165) is 24.9 Å². The number of hydrogen-bond donors (Lipinski definition) is 0. The van der Waals surface area contributed by atoms with Crippen molar-refractivity contribution in [3.63, 3.8) is 0 Å². The predicted molar refractivity (Wildman–Crippen MR) is 137 cm³/mol. The summed E-state index contributed by atoms with van der Waals surface area (Å²) in [6.07, 6.45) is 5.85. The van der Waals surface area contributed by atoms with Gasteiger partial charge in [0.15, 0.2) is 0 Å². The minimum atomic E-state index is 0.582. The maximum atomic E-state index is 2.65. The lowest BCUT2D eigenvalue weighted by molar-refractivity contribution is 0.0545. The first-order valence-corrected chi connectivity index (χ1v) is 13.0. The standard InChI is InChI=1S/C18H40N2.4C2H6/c1-8-16(5)12-14-19(10-3)18(7)20(11-4)15-13-17(6)9-2;4*1-2/h16-18H,8-15H2,1-7H3;4*1-2H3. The minimum Gasteiger partial charge on any atom is -0.288 e. The molecule has 0 heterocycles. The fourth-order valence-corrected chi connectivity index (χ4v) is 2.63. The molecule has 2 atom stereocenters. The lowest BCUT2D eigenvalue weighted by Crippen LogP contribution is -2.47. The fourth-order valence-electron chi connectivity index (χ4n) is 2.63. The second-order valence-corrected chi connectivity index (χ2v) is 6.49. The molecule has 0 saturated heterocycles. The van der Waals surface area contributed by atoms with Gasteiger partial charge in [-0.05, 0) is 57.8 Å². The quantitative estimate of drug-likeness (QED) is 0.299. The molecule has 0 rings (SSSR count). The Morgan fingerprint density at radius 3 is 0.929 bits per heavy atom. The Morgan fingerprint density at radius 2 is 0.750 bits per heavy atom. The third-order valence-electron chi connectivity index (χ3n) is 5.08. The van der Waals surface area contributed by atoms with Crippen LogP contribution in [0.15, 0.2) is 0 Å². The fraction of sp³-hybridized carbons (Fsp3) is 1.00. The van der Waals surface area contributed by atoms with Crippen LogP contribution in [0.4, 0.5) is 0 Å². The lowest BCUT2D eigenvalue weighted by atomic mass is 10.0. The average Bonchev–Trinajstić information content (AvgIpc) is 2.79. The minimum absolute atomic E-state index is 0.582. The first-order chi connectivity index (χ1) is 13.5. The van der Waals surface area contributed by atoms with Gasteiger partial charge in [0.2, 0.25) is 0 Å². The Hall–Kier alpha value is -0.0800. The van der Waals surface area contributed by atoms with Crippen molar-refractivity contribution in [2.75, 3.05) is 26.2 Å². The summed E-state index contributed by atoms with van der Waals surface area (Å²) in [5.41, 5.74) is 0. The van der Waals surface area contributed by atoms with Crippen LogP contribution in [0.5, 0.6) is 0 Å². The van der Waals surface area contributed by atoms with Crippen molar-refractivity contribution in [3.05, 3.63) is 0 Å². The van der Waals surface area contributed by atoms with Crippen LogP contribution in [0, 0.1) is 11.8 Å². The van der Waals surface area contributed by atoms with E-state index in [-0.39, 0.29) is 0 Å². The van der Waals surface area contributed by atoms with E-state index < -0.39 is 0 Å². The van der Waals surface area contributed by atoms with Crippen LogP contribution in [-0.4, -0.2) is 42.1 Å². The van der Waals surface area contributed by atoms with Gasteiger partial charge in [0, 0.05) is 0 Å². The monoisotopic (exact) mass is 405 g/mol. The second kappa shape index (κ2) is 34.4. The normalized spacial score (nSPS) is 12.8. The molecule has 0 aromatic heterocycles. The van der Waals surface area contributed by atoms with Crippen molar-refractivity contribution in [1.82, 2.24) is 9.80 Å². The summed E-state index contributed by atoms with van der Waals surface area (Å²) in [6, 6.07) is 0. The molecular formula is C26H64N2. The van der Waals surface area contributed by atoms with Crippen molar-refractivity contribution in [2.24, 2.45) is 11.8 Å². The van der Waals surface area contributed by atoms with Crippen LogP contribution in [0.2, 0.25) is 0 Å². The highest BCUT2D eigenvalue weighted by Crippen LogP contribution is 2.14. The number of rotatable bonds is 12. The van der Waals surface area contributed by atoms with Crippen molar-refractivity contribution in [1.29, 1.82) is 0 Å². The van der Waals surface area contributed by atoms with Crippen LogP contribution >= 0.6 is 0 Å². The molecule has 2 heteroatoms.